The number of amides is 1. The second kappa shape index (κ2) is 6.21. The van der Waals surface area contributed by atoms with Crippen molar-refractivity contribution in [2.45, 2.75) is 29.0 Å². The number of rotatable bonds is 2. The smallest absolute Gasteiger partial charge is 0.346 e. The Labute approximate surface area is 152 Å². The number of benzene rings is 2. The number of thioether (sulfide) groups is 1. The fourth-order valence-corrected chi connectivity index (χ4v) is 4.10. The average Bonchev–Trinajstić information content (AvgIpc) is 2.59. The van der Waals surface area contributed by atoms with Crippen LogP contribution in [0.15, 0.2) is 47.4 Å². The van der Waals surface area contributed by atoms with E-state index < -0.39 is 11.7 Å². The maximum atomic E-state index is 12.5. The van der Waals surface area contributed by atoms with Gasteiger partial charge in [0.15, 0.2) is 0 Å². The molecule has 2 aromatic carbocycles. The summed E-state index contributed by atoms with van der Waals surface area (Å²) in [6, 6.07) is 11.5. The lowest BCUT2D eigenvalue weighted by molar-refractivity contribution is -0.0328. The van der Waals surface area contributed by atoms with Crippen molar-refractivity contribution in [3.8, 4) is 0 Å². The summed E-state index contributed by atoms with van der Waals surface area (Å²) < 4.78 is 37.5. The normalized spacial score (nSPS) is 22.0. The Morgan fingerprint density at radius 1 is 1.15 bits per heavy atom. The highest BCUT2D eigenvalue weighted by Gasteiger charge is 2.37. The minimum absolute atomic E-state index is 0.116. The first-order valence-corrected chi connectivity index (χ1v) is 8.97. The van der Waals surface area contributed by atoms with Crippen LogP contribution in [0.2, 0.25) is 0 Å². The van der Waals surface area contributed by atoms with Crippen LogP contribution in [0, 0.1) is 0 Å². The average molecular weight is 379 g/mol. The Hall–Kier alpha value is -2.19. The highest BCUT2D eigenvalue weighted by molar-refractivity contribution is 8.00. The number of para-hydroxylation sites is 1. The van der Waals surface area contributed by atoms with Crippen LogP contribution in [0.3, 0.4) is 0 Å². The molecule has 0 aromatic heterocycles. The molecule has 0 bridgehead atoms. The lowest BCUT2D eigenvalue weighted by atomic mass is 9.90. The summed E-state index contributed by atoms with van der Waals surface area (Å²) in [5.74, 6) is -0.203. The molecule has 2 aliphatic heterocycles. The van der Waals surface area contributed by atoms with E-state index in [1.54, 1.807) is 18.2 Å². The van der Waals surface area contributed by atoms with Crippen LogP contribution in [0.25, 0.3) is 0 Å². The molecule has 4 nitrogen and oxygen atoms in total. The molecule has 0 unspecified atom stereocenters. The third kappa shape index (κ3) is 3.03. The van der Waals surface area contributed by atoms with Crippen molar-refractivity contribution in [3.63, 3.8) is 0 Å². The van der Waals surface area contributed by atoms with Gasteiger partial charge in [-0.1, -0.05) is 24.3 Å². The largest absolute Gasteiger partial charge is 0.446 e. The second-order valence-electron chi connectivity index (χ2n) is 6.32. The molecule has 26 heavy (non-hydrogen) atoms. The summed E-state index contributed by atoms with van der Waals surface area (Å²) >= 11 is -0.152. The van der Waals surface area contributed by atoms with E-state index in [2.05, 4.69) is 10.2 Å². The first-order valence-electron chi connectivity index (χ1n) is 8.15. The molecule has 136 valence electrons. The number of carbonyl (C=O) groups is 1. The third-order valence-corrected chi connectivity index (χ3v) is 5.43. The molecule has 3 N–H and O–H groups in total. The molecule has 2 atom stereocenters. The number of nitrogens with one attached hydrogen (secondary N) is 1. The fraction of sp³-hybridized carbons (Fsp3) is 0.278. The van der Waals surface area contributed by atoms with Crippen molar-refractivity contribution in [1.29, 1.82) is 0 Å². The number of halogens is 3. The summed E-state index contributed by atoms with van der Waals surface area (Å²) in [7, 11) is 0. The van der Waals surface area contributed by atoms with Crippen LogP contribution < -0.4 is 16.0 Å². The Balaban J connectivity index is 1.69. The van der Waals surface area contributed by atoms with Crippen molar-refractivity contribution in [1.82, 2.24) is 5.32 Å². The van der Waals surface area contributed by atoms with Crippen LogP contribution in [-0.2, 0) is 0 Å². The van der Waals surface area contributed by atoms with Crippen molar-refractivity contribution >= 4 is 23.4 Å². The molecule has 1 amide bonds. The molecule has 4 rings (SSSR count). The van der Waals surface area contributed by atoms with E-state index >= 15 is 0 Å². The van der Waals surface area contributed by atoms with E-state index in [9.17, 15) is 18.0 Å². The molecule has 2 aromatic rings. The number of carbonyl (C=O) groups excluding carboxylic acids is 1. The van der Waals surface area contributed by atoms with Gasteiger partial charge in [-0.15, -0.1) is 0 Å². The van der Waals surface area contributed by atoms with E-state index in [0.717, 1.165) is 23.2 Å². The standard InChI is InChI=1S/C18H16F3N3OS/c19-18(20,21)26-11-6-4-10(5-7-11)16-23-17(25)13-3-1-2-12-14(22)8-9-24(16)15(12)13/h1-7,14,16H,8-9,22H2,(H,23,25)/t14-,16-/m0/s1. The number of anilines is 1. The monoisotopic (exact) mass is 379 g/mol. The minimum atomic E-state index is -4.32. The Morgan fingerprint density at radius 2 is 1.88 bits per heavy atom. The van der Waals surface area contributed by atoms with E-state index in [1.165, 1.54) is 12.1 Å². The number of alkyl halides is 3. The molecular formula is C18H16F3N3OS. The maximum absolute atomic E-state index is 12.5. The van der Waals surface area contributed by atoms with Gasteiger partial charge in [-0.2, -0.15) is 13.2 Å². The summed E-state index contributed by atoms with van der Waals surface area (Å²) in [5.41, 5.74) is 4.95. The summed E-state index contributed by atoms with van der Waals surface area (Å²) in [5, 5.41) is 2.95. The molecule has 2 aliphatic rings. The van der Waals surface area contributed by atoms with Gasteiger partial charge in [-0.3, -0.25) is 4.79 Å². The Kier molecular flexibility index (Phi) is 4.11. The van der Waals surface area contributed by atoms with Gasteiger partial charge in [0.1, 0.15) is 6.17 Å². The second-order valence-corrected chi connectivity index (χ2v) is 7.46. The van der Waals surface area contributed by atoms with Crippen molar-refractivity contribution in [3.05, 3.63) is 59.2 Å². The van der Waals surface area contributed by atoms with Crippen LogP contribution in [0.4, 0.5) is 18.9 Å². The Morgan fingerprint density at radius 3 is 2.58 bits per heavy atom. The maximum Gasteiger partial charge on any atom is 0.446 e. The Bertz CT molecular complexity index is 854. The number of hydrogen-bond acceptors (Lipinski definition) is 4. The summed E-state index contributed by atoms with van der Waals surface area (Å²) in [6.45, 7) is 0.662. The zero-order chi connectivity index (χ0) is 18.5. The SMILES string of the molecule is N[C@H]1CCN2c3c(cccc31)C(=O)N[C@@H]2c1ccc(SC(F)(F)F)cc1. The van der Waals surface area contributed by atoms with Crippen LogP contribution >= 0.6 is 11.8 Å². The summed E-state index contributed by atoms with van der Waals surface area (Å²) in [4.78, 5) is 14.7. The third-order valence-electron chi connectivity index (χ3n) is 4.69. The van der Waals surface area contributed by atoms with Gasteiger partial charge in [0.2, 0.25) is 0 Å². The van der Waals surface area contributed by atoms with Crippen LogP contribution in [-0.4, -0.2) is 18.0 Å². The first kappa shape index (κ1) is 17.2. The highest BCUT2D eigenvalue weighted by Crippen LogP contribution is 2.42. The molecule has 0 spiro atoms. The molecule has 0 radical (unpaired) electrons. The topological polar surface area (TPSA) is 58.4 Å². The van der Waals surface area contributed by atoms with Crippen LogP contribution in [0.5, 0.6) is 0 Å². The number of nitrogens with zero attached hydrogens (tertiary/aromatic N) is 1. The van der Waals surface area contributed by atoms with Gasteiger partial charge in [0.05, 0.1) is 11.3 Å². The van der Waals surface area contributed by atoms with E-state index in [1.807, 2.05) is 12.1 Å². The fourth-order valence-electron chi connectivity index (χ4n) is 3.56. The zero-order valence-corrected chi connectivity index (χ0v) is 14.4. The van der Waals surface area contributed by atoms with Crippen molar-refractivity contribution in [2.75, 3.05) is 11.4 Å². The molecule has 8 heteroatoms. The molecule has 0 fully saturated rings. The number of hydrogen-bond donors (Lipinski definition) is 2. The lowest BCUT2D eigenvalue weighted by Crippen LogP contribution is -2.49. The number of nitrogens with two attached hydrogens (primary N) is 1. The first-order chi connectivity index (χ1) is 12.3. The summed E-state index contributed by atoms with van der Waals surface area (Å²) in [6.07, 6.45) is 0.318. The van der Waals surface area contributed by atoms with Crippen LogP contribution in [0.1, 0.15) is 40.1 Å². The highest BCUT2D eigenvalue weighted by atomic mass is 32.2. The lowest BCUT2D eigenvalue weighted by Gasteiger charge is -2.44. The molecule has 0 aliphatic carbocycles. The van der Waals surface area contributed by atoms with E-state index in [0.29, 0.717) is 12.1 Å². The molecule has 2 heterocycles. The van der Waals surface area contributed by atoms with E-state index in [-0.39, 0.29) is 28.6 Å². The van der Waals surface area contributed by atoms with Gasteiger partial charge in [-0.25, -0.2) is 0 Å². The molecule has 0 saturated carbocycles. The predicted molar refractivity (Wildman–Crippen MR) is 93.9 cm³/mol. The quantitative estimate of drug-likeness (QED) is 0.776. The molecular weight excluding hydrogens is 363 g/mol. The van der Waals surface area contributed by atoms with Gasteiger partial charge in [-0.05, 0) is 47.5 Å². The van der Waals surface area contributed by atoms with E-state index in [4.69, 9.17) is 5.73 Å². The van der Waals surface area contributed by atoms with Gasteiger partial charge in [0.25, 0.3) is 5.91 Å². The minimum Gasteiger partial charge on any atom is -0.346 e. The van der Waals surface area contributed by atoms with Gasteiger partial charge < -0.3 is 16.0 Å². The molecule has 0 saturated heterocycles. The van der Waals surface area contributed by atoms with Gasteiger partial charge >= 0.3 is 5.51 Å². The zero-order valence-electron chi connectivity index (χ0n) is 13.6. The van der Waals surface area contributed by atoms with Crippen molar-refractivity contribution < 1.29 is 18.0 Å². The van der Waals surface area contributed by atoms with Crippen molar-refractivity contribution in [2.24, 2.45) is 5.73 Å². The van der Waals surface area contributed by atoms with Gasteiger partial charge in [0, 0.05) is 17.5 Å². The predicted octanol–water partition coefficient (Wildman–Crippen LogP) is 3.95.